The third kappa shape index (κ3) is 8.21. The Morgan fingerprint density at radius 1 is 1.35 bits per heavy atom. The Morgan fingerprint density at radius 3 is 2.42 bits per heavy atom. The second-order valence-electron chi connectivity index (χ2n) is 6.91. The second-order valence-corrected chi connectivity index (χ2v) is 6.91. The largest absolute Gasteiger partial charge is 1.00 e. The van der Waals surface area contributed by atoms with Gasteiger partial charge < -0.3 is 16.0 Å². The molecular weight excluding hydrogens is 378 g/mol. The van der Waals surface area contributed by atoms with Crippen LogP contribution in [-0.2, 0) is 14.3 Å². The van der Waals surface area contributed by atoms with Crippen molar-refractivity contribution in [3.63, 3.8) is 0 Å². The monoisotopic (exact) mass is 403 g/mol. The number of amides is 1. The van der Waals surface area contributed by atoms with E-state index in [-0.39, 0.29) is 69.6 Å². The van der Waals surface area contributed by atoms with Crippen molar-refractivity contribution in [3.05, 3.63) is 5.32 Å². The van der Waals surface area contributed by atoms with Crippen molar-refractivity contribution < 1.29 is 78.9 Å². The molecule has 144 valence electrons. The van der Waals surface area contributed by atoms with Crippen molar-refractivity contribution in [1.29, 1.82) is 0 Å². The number of alkyl halides is 3. The molecule has 1 amide bonds. The maximum Gasteiger partial charge on any atom is 1.00 e. The first-order valence-corrected chi connectivity index (χ1v) is 8.55. The number of carbonyl (C=O) groups excluding carboxylic acids is 2. The van der Waals surface area contributed by atoms with Gasteiger partial charge in [0, 0.05) is 19.0 Å². The number of nitrogens with one attached hydrogen (secondary N) is 2. The SMILES string of the molecule is C1CC2(CC2)CN1.C[N-][C@@H](C[C@@H]1CCNC1=O)C(=O)COC(F)(F)F.[K+]. The number of ether oxygens (including phenoxy) is 1. The zero-order valence-corrected chi connectivity index (χ0v) is 18.4. The van der Waals surface area contributed by atoms with Gasteiger partial charge in [0.2, 0.25) is 5.91 Å². The summed E-state index contributed by atoms with van der Waals surface area (Å²) >= 11 is 0. The molecule has 3 fully saturated rings. The molecule has 0 aromatic heterocycles. The van der Waals surface area contributed by atoms with E-state index in [9.17, 15) is 22.8 Å². The van der Waals surface area contributed by atoms with Crippen LogP contribution in [0.4, 0.5) is 13.2 Å². The second kappa shape index (κ2) is 10.8. The van der Waals surface area contributed by atoms with Crippen LogP contribution in [-0.4, -0.2) is 57.4 Å². The van der Waals surface area contributed by atoms with Gasteiger partial charge in [0.25, 0.3) is 0 Å². The van der Waals surface area contributed by atoms with Gasteiger partial charge >= 0.3 is 57.7 Å². The van der Waals surface area contributed by atoms with E-state index in [0.29, 0.717) is 13.0 Å². The average Bonchev–Trinajstić information content (AvgIpc) is 2.94. The summed E-state index contributed by atoms with van der Waals surface area (Å²) in [6.07, 6.45) is 0.312. The number of ketones is 1. The van der Waals surface area contributed by atoms with Gasteiger partial charge in [0.1, 0.15) is 12.4 Å². The summed E-state index contributed by atoms with van der Waals surface area (Å²) in [6, 6.07) is -0.929. The summed E-state index contributed by atoms with van der Waals surface area (Å²) in [7, 11) is 1.34. The van der Waals surface area contributed by atoms with E-state index in [1.165, 1.54) is 39.4 Å². The van der Waals surface area contributed by atoms with Gasteiger partial charge in [0.15, 0.2) is 0 Å². The third-order valence-electron chi connectivity index (χ3n) is 5.02. The average molecular weight is 403 g/mol. The molecule has 0 radical (unpaired) electrons. The Kier molecular flexibility index (Phi) is 10.2. The molecule has 2 aliphatic heterocycles. The minimum absolute atomic E-state index is 0. The van der Waals surface area contributed by atoms with E-state index in [2.05, 4.69) is 20.7 Å². The molecule has 6 nitrogen and oxygen atoms in total. The fraction of sp³-hybridized carbons (Fsp3) is 0.875. The first-order chi connectivity index (χ1) is 11.7. The predicted molar refractivity (Wildman–Crippen MR) is 85.0 cm³/mol. The number of hydrogen-bond acceptors (Lipinski definition) is 4. The smallest absolute Gasteiger partial charge is 0.656 e. The first kappa shape index (κ1) is 24.5. The van der Waals surface area contributed by atoms with Crippen molar-refractivity contribution in [2.24, 2.45) is 11.3 Å². The molecular formula is C16H25F3KN3O3. The quantitative estimate of drug-likeness (QED) is 0.544. The Bertz CT molecular complexity index is 479. The molecule has 2 N–H and O–H groups in total. The van der Waals surface area contributed by atoms with Gasteiger partial charge in [-0.2, -0.15) is 7.05 Å². The summed E-state index contributed by atoms with van der Waals surface area (Å²) in [5, 5.41) is 9.68. The van der Waals surface area contributed by atoms with E-state index >= 15 is 0 Å². The first-order valence-electron chi connectivity index (χ1n) is 8.55. The number of Topliss-reactive ketones (excluding diaryl/α,β-unsaturated/α-hetero) is 1. The molecule has 10 heteroatoms. The van der Waals surface area contributed by atoms with Gasteiger partial charge in [-0.3, -0.25) is 14.3 Å². The van der Waals surface area contributed by atoms with Crippen LogP contribution in [0.15, 0.2) is 0 Å². The summed E-state index contributed by atoms with van der Waals surface area (Å²) in [5.74, 6) is -1.32. The molecule has 3 rings (SSSR count). The predicted octanol–water partition coefficient (Wildman–Crippen LogP) is -1.25. The fourth-order valence-electron chi connectivity index (χ4n) is 3.17. The summed E-state index contributed by atoms with van der Waals surface area (Å²) in [6.45, 7) is 2.04. The van der Waals surface area contributed by atoms with Gasteiger partial charge in [-0.1, -0.05) is 12.5 Å². The van der Waals surface area contributed by atoms with E-state index in [1.807, 2.05) is 0 Å². The van der Waals surface area contributed by atoms with Crippen LogP contribution in [0.1, 0.15) is 32.1 Å². The van der Waals surface area contributed by atoms with Crippen LogP contribution in [0.5, 0.6) is 0 Å². The van der Waals surface area contributed by atoms with Crippen molar-refractivity contribution in [2.75, 3.05) is 33.3 Å². The van der Waals surface area contributed by atoms with Crippen molar-refractivity contribution in [1.82, 2.24) is 10.6 Å². The zero-order valence-electron chi connectivity index (χ0n) is 15.3. The maximum atomic E-state index is 11.8. The van der Waals surface area contributed by atoms with E-state index < -0.39 is 24.8 Å². The minimum atomic E-state index is -4.83. The number of hydrogen-bond donors (Lipinski definition) is 2. The van der Waals surface area contributed by atoms with Crippen molar-refractivity contribution >= 4 is 11.7 Å². The normalized spacial score (nSPS) is 24.3. The van der Waals surface area contributed by atoms with Gasteiger partial charge in [-0.05, 0) is 37.6 Å². The molecule has 3 aliphatic rings. The topological polar surface area (TPSA) is 81.5 Å². The minimum Gasteiger partial charge on any atom is -0.656 e. The number of rotatable bonds is 6. The van der Waals surface area contributed by atoms with Gasteiger partial charge in [-0.15, -0.1) is 13.2 Å². The van der Waals surface area contributed by atoms with E-state index in [1.54, 1.807) is 0 Å². The van der Waals surface area contributed by atoms with Crippen LogP contribution in [0.2, 0.25) is 0 Å². The summed E-state index contributed by atoms with van der Waals surface area (Å²) in [5.41, 5.74) is 0.833. The Labute approximate surface area is 194 Å². The Balaban J connectivity index is 0.000000347. The molecule has 26 heavy (non-hydrogen) atoms. The number of halogens is 3. The van der Waals surface area contributed by atoms with Crippen LogP contribution in [0.25, 0.3) is 5.32 Å². The molecule has 2 saturated heterocycles. The van der Waals surface area contributed by atoms with Crippen LogP contribution in [0, 0.1) is 11.3 Å². The van der Waals surface area contributed by atoms with Gasteiger partial charge in [0.05, 0.1) is 0 Å². The Hall–Kier alpha value is 0.446. The molecule has 0 bridgehead atoms. The molecule has 0 unspecified atom stereocenters. The number of carbonyl (C=O) groups is 2. The number of nitrogens with zero attached hydrogens (tertiary/aromatic N) is 1. The van der Waals surface area contributed by atoms with Crippen LogP contribution >= 0.6 is 0 Å². The summed E-state index contributed by atoms with van der Waals surface area (Å²) < 4.78 is 38.8. The Morgan fingerprint density at radius 2 is 2.04 bits per heavy atom. The van der Waals surface area contributed by atoms with Crippen molar-refractivity contribution in [2.45, 2.75) is 44.5 Å². The van der Waals surface area contributed by atoms with Gasteiger partial charge in [-0.25, -0.2) is 0 Å². The molecule has 0 aromatic rings. The van der Waals surface area contributed by atoms with Crippen LogP contribution in [0.3, 0.4) is 0 Å². The molecule has 1 aliphatic carbocycles. The molecule has 1 saturated carbocycles. The van der Waals surface area contributed by atoms with Crippen LogP contribution < -0.4 is 62.0 Å². The zero-order chi connectivity index (χ0) is 18.5. The van der Waals surface area contributed by atoms with E-state index in [4.69, 9.17) is 0 Å². The molecule has 1 spiro atoms. The molecule has 0 aromatic carbocycles. The third-order valence-corrected chi connectivity index (χ3v) is 5.02. The standard InChI is InChI=1S/C10H14F3N2O3.C6H11N.K/c1-14-7(4-6-2-3-15-9(6)17)8(16)5-18-10(11,12)13;1-2-6(1)3-4-7-5-6;/h6-7H,2-5H2,1H3,(H,15,17);7H,1-5H2;/q-1;;+1/t6-,7-;;/m0../s1. The van der Waals surface area contributed by atoms with E-state index in [0.717, 1.165) is 5.41 Å². The fourth-order valence-corrected chi connectivity index (χ4v) is 3.17. The molecule has 2 atom stereocenters. The van der Waals surface area contributed by atoms with Crippen molar-refractivity contribution in [3.8, 4) is 0 Å². The summed E-state index contributed by atoms with van der Waals surface area (Å²) in [4.78, 5) is 22.8. The molecule has 2 heterocycles. The maximum absolute atomic E-state index is 11.8. The number of likely N-dealkylation sites (N-methyl/N-ethyl adjacent to an activating group) is 1.